The maximum absolute atomic E-state index is 13.7. The number of ether oxygens (including phenoxy) is 2. The third-order valence-electron chi connectivity index (χ3n) is 7.07. The van der Waals surface area contributed by atoms with E-state index < -0.39 is 50.2 Å². The van der Waals surface area contributed by atoms with Gasteiger partial charge in [-0.25, -0.2) is 8.42 Å². The van der Waals surface area contributed by atoms with Gasteiger partial charge in [0.05, 0.1) is 35.7 Å². The van der Waals surface area contributed by atoms with Crippen LogP contribution in [-0.2, 0) is 33.9 Å². The molecule has 0 spiro atoms. The Morgan fingerprint density at radius 1 is 1.16 bits per heavy atom. The molecule has 1 heterocycles. The van der Waals surface area contributed by atoms with E-state index in [4.69, 9.17) is 14.3 Å². The smallest absolute Gasteiger partial charge is 0.323 e. The molecule has 1 aliphatic heterocycles. The van der Waals surface area contributed by atoms with Gasteiger partial charge in [0.2, 0.25) is 0 Å². The Hall–Kier alpha value is -2.57. The zero-order valence-electron chi connectivity index (χ0n) is 22.1. The molecule has 12 heteroatoms. The molecule has 2 fully saturated rings. The molecule has 0 bridgehead atoms. The molecule has 0 N–H and O–H groups in total. The van der Waals surface area contributed by atoms with Crippen molar-refractivity contribution in [3.05, 3.63) is 34.4 Å². The number of nitro benzene ring substituents is 1. The van der Waals surface area contributed by atoms with E-state index in [1.807, 2.05) is 27.7 Å². The summed E-state index contributed by atoms with van der Waals surface area (Å²) in [6.45, 7) is 11.4. The first-order valence-electron chi connectivity index (χ1n) is 12.5. The summed E-state index contributed by atoms with van der Waals surface area (Å²) in [5, 5.41) is 11.0. The highest BCUT2D eigenvalue weighted by Gasteiger charge is 2.69. The lowest BCUT2D eigenvalue weighted by molar-refractivity contribution is -0.384. The number of non-ortho nitro benzene ring substituents is 1. The van der Waals surface area contributed by atoms with E-state index in [2.05, 4.69) is 0 Å². The molecule has 0 aromatic heterocycles. The van der Waals surface area contributed by atoms with Crippen molar-refractivity contribution in [2.45, 2.75) is 65.3 Å². The van der Waals surface area contributed by atoms with Crippen molar-refractivity contribution in [1.82, 2.24) is 4.47 Å². The molecular weight excluding hydrogens is 504 g/mol. The number of rotatable bonds is 9. The molecule has 4 atom stereocenters. The molecule has 1 aromatic rings. The maximum Gasteiger partial charge on any atom is 0.323 e. The molecular formula is C25H36N2O9S. The molecule has 3 rings (SSSR count). The largest absolute Gasteiger partial charge is 0.465 e. The van der Waals surface area contributed by atoms with Gasteiger partial charge < -0.3 is 9.47 Å². The van der Waals surface area contributed by atoms with Crippen molar-refractivity contribution in [2.24, 2.45) is 28.6 Å². The molecule has 206 valence electrons. The van der Waals surface area contributed by atoms with E-state index >= 15 is 0 Å². The number of hydrogen-bond donors (Lipinski definition) is 0. The van der Waals surface area contributed by atoms with Gasteiger partial charge in [-0.15, -0.1) is 0 Å². The molecule has 1 aliphatic carbocycles. The zero-order chi connectivity index (χ0) is 27.8. The molecule has 0 unspecified atom stereocenters. The summed E-state index contributed by atoms with van der Waals surface area (Å²) in [4.78, 5) is 43.0. The Morgan fingerprint density at radius 3 is 2.16 bits per heavy atom. The van der Waals surface area contributed by atoms with Crippen molar-refractivity contribution in [1.29, 1.82) is 0 Å². The minimum atomic E-state index is -4.29. The number of nitrogens with zero attached hydrogens (tertiary/aromatic N) is 2. The molecule has 0 radical (unpaired) electrons. The predicted octanol–water partition coefficient (Wildman–Crippen LogP) is 3.72. The van der Waals surface area contributed by atoms with Crippen LogP contribution >= 0.6 is 0 Å². The lowest BCUT2D eigenvalue weighted by atomic mass is 9.67. The topological polar surface area (TPSA) is 142 Å². The predicted molar refractivity (Wildman–Crippen MR) is 132 cm³/mol. The fourth-order valence-corrected chi connectivity index (χ4v) is 7.51. The Labute approximate surface area is 217 Å². The Bertz CT molecular complexity index is 1110. The molecule has 2 aliphatic rings. The van der Waals surface area contributed by atoms with Crippen LogP contribution in [0.15, 0.2) is 29.2 Å². The lowest BCUT2D eigenvalue weighted by Crippen LogP contribution is -2.53. The van der Waals surface area contributed by atoms with Gasteiger partial charge in [0.25, 0.3) is 15.7 Å². The molecule has 1 saturated carbocycles. The lowest BCUT2D eigenvalue weighted by Gasteiger charge is -2.40. The second kappa shape index (κ2) is 10.7. The average Bonchev–Trinajstić information content (AvgIpc) is 3.36. The Kier molecular flexibility index (Phi) is 8.35. The van der Waals surface area contributed by atoms with Crippen LogP contribution in [0, 0.1) is 38.7 Å². The summed E-state index contributed by atoms with van der Waals surface area (Å²) in [5.41, 5.74) is -2.13. The van der Waals surface area contributed by atoms with Crippen molar-refractivity contribution >= 4 is 27.6 Å². The van der Waals surface area contributed by atoms with Gasteiger partial charge in [0.1, 0.15) is 0 Å². The molecule has 11 nitrogen and oxygen atoms in total. The van der Waals surface area contributed by atoms with E-state index in [1.54, 1.807) is 13.8 Å². The van der Waals surface area contributed by atoms with Crippen molar-refractivity contribution < 1.29 is 37.2 Å². The fraction of sp³-hybridized carbons (Fsp3) is 0.680. The highest BCUT2D eigenvalue weighted by molar-refractivity contribution is 7.89. The summed E-state index contributed by atoms with van der Waals surface area (Å²) in [6.07, 6.45) is 0.619. The molecule has 1 aromatic carbocycles. The summed E-state index contributed by atoms with van der Waals surface area (Å²) in [6, 6.07) is 3.67. The van der Waals surface area contributed by atoms with E-state index in [9.17, 15) is 28.1 Å². The number of fused-ring (bicyclic) bond motifs is 1. The third kappa shape index (κ3) is 5.37. The summed E-state index contributed by atoms with van der Waals surface area (Å²) in [5.74, 6) is -2.98. The number of carbonyl (C=O) groups is 2. The van der Waals surface area contributed by atoms with Crippen molar-refractivity contribution in [3.63, 3.8) is 0 Å². The Morgan fingerprint density at radius 2 is 1.70 bits per heavy atom. The molecule has 37 heavy (non-hydrogen) atoms. The van der Waals surface area contributed by atoms with E-state index in [-0.39, 0.29) is 48.2 Å². The van der Waals surface area contributed by atoms with Crippen molar-refractivity contribution in [3.8, 4) is 0 Å². The van der Waals surface area contributed by atoms with Crippen LogP contribution in [-0.4, -0.2) is 55.6 Å². The highest BCUT2D eigenvalue weighted by Crippen LogP contribution is 2.58. The van der Waals surface area contributed by atoms with Crippen LogP contribution in [0.1, 0.15) is 54.4 Å². The average molecular weight is 541 g/mol. The number of hydrogen-bond acceptors (Lipinski definition) is 9. The number of nitro groups is 1. The number of sulfonamides is 1. The first-order valence-corrected chi connectivity index (χ1v) is 13.9. The minimum absolute atomic E-state index is 0.0177. The second-order valence-corrected chi connectivity index (χ2v) is 12.7. The van der Waals surface area contributed by atoms with Crippen LogP contribution in [0.25, 0.3) is 0 Å². The van der Waals surface area contributed by atoms with Gasteiger partial charge in [-0.1, -0.05) is 32.2 Å². The fourth-order valence-electron chi connectivity index (χ4n) is 6.00. The molecule has 0 amide bonds. The van der Waals surface area contributed by atoms with Crippen LogP contribution in [0.5, 0.6) is 0 Å². The number of hydroxylamine groups is 1. The SMILES string of the molecule is CCOC(=O)C1(C(=O)OCC)C[C@@H]2CON(S(=O)(=O)c3ccc([N+](=O)[O-])cc3)[C@@H]2[C@H]1[C@H](C)CC(C)(C)C. The molecule has 1 saturated heterocycles. The summed E-state index contributed by atoms with van der Waals surface area (Å²) < 4.78 is 39.1. The second-order valence-electron chi connectivity index (χ2n) is 10.9. The monoisotopic (exact) mass is 540 g/mol. The quantitative estimate of drug-likeness (QED) is 0.198. The van der Waals surface area contributed by atoms with Gasteiger partial charge in [-0.3, -0.25) is 24.5 Å². The van der Waals surface area contributed by atoms with Crippen LogP contribution in [0.4, 0.5) is 5.69 Å². The van der Waals surface area contributed by atoms with Gasteiger partial charge in [0, 0.05) is 24.0 Å². The Balaban J connectivity index is 2.14. The van der Waals surface area contributed by atoms with Gasteiger partial charge in [-0.2, -0.15) is 0 Å². The van der Waals surface area contributed by atoms with E-state index in [0.29, 0.717) is 6.42 Å². The first kappa shape index (κ1) is 29.0. The van der Waals surface area contributed by atoms with E-state index in [0.717, 1.165) is 28.7 Å². The zero-order valence-corrected chi connectivity index (χ0v) is 22.9. The summed E-state index contributed by atoms with van der Waals surface area (Å²) in [7, 11) is -4.29. The minimum Gasteiger partial charge on any atom is -0.465 e. The normalized spacial score (nSPS) is 24.3. The van der Waals surface area contributed by atoms with Gasteiger partial charge in [-0.05, 0) is 50.2 Å². The van der Waals surface area contributed by atoms with E-state index in [1.165, 1.54) is 0 Å². The van der Waals surface area contributed by atoms with Crippen LogP contribution in [0.3, 0.4) is 0 Å². The van der Waals surface area contributed by atoms with Gasteiger partial charge in [0.15, 0.2) is 5.41 Å². The number of carbonyl (C=O) groups excluding carboxylic acids is 2. The number of esters is 2. The van der Waals surface area contributed by atoms with Crippen molar-refractivity contribution in [2.75, 3.05) is 19.8 Å². The van der Waals surface area contributed by atoms with Crippen LogP contribution in [0.2, 0.25) is 0 Å². The third-order valence-corrected chi connectivity index (χ3v) is 8.76. The first-order chi connectivity index (χ1) is 17.2. The highest BCUT2D eigenvalue weighted by atomic mass is 32.2. The maximum atomic E-state index is 13.7. The van der Waals surface area contributed by atoms with Crippen LogP contribution < -0.4 is 0 Å². The summed E-state index contributed by atoms with van der Waals surface area (Å²) >= 11 is 0. The standard InChI is InChI=1S/C25H36N2O9S/c1-7-34-22(28)25(23(29)35-8-2)14-17-15-36-27(21(17)20(25)16(3)13-24(4,5)6)37(32,33)19-11-9-18(10-12-19)26(30)31/h9-12,16-17,20-21H,7-8,13-15H2,1-6H3/t16-,17-,20-,21+/m1/s1. The van der Waals surface area contributed by atoms with Gasteiger partial charge >= 0.3 is 11.9 Å². The number of benzene rings is 1.